The number of hydrogen-bond acceptors (Lipinski definition) is 4. The Morgan fingerprint density at radius 2 is 2.00 bits per heavy atom. The van der Waals surface area contributed by atoms with Crippen LogP contribution >= 0.6 is 0 Å². The van der Waals surface area contributed by atoms with Gasteiger partial charge in [-0.15, -0.1) is 0 Å². The van der Waals surface area contributed by atoms with Crippen molar-refractivity contribution in [1.82, 2.24) is 10.2 Å². The summed E-state index contributed by atoms with van der Waals surface area (Å²) in [6, 6.07) is 0. The highest BCUT2D eigenvalue weighted by Gasteiger charge is 2.34. The quantitative estimate of drug-likeness (QED) is 0.641. The van der Waals surface area contributed by atoms with Crippen molar-refractivity contribution in [3.63, 3.8) is 0 Å². The highest BCUT2D eigenvalue weighted by atomic mass is 16.5. The standard InChI is InChI=1S/C14H30N2O2/c1-7-15-14(5,13(17)18-8-2)11-16(6)10-9-12(3)4/h12,15H,7-11H2,1-6H3. The molecule has 0 heterocycles. The molecule has 0 aliphatic heterocycles. The topological polar surface area (TPSA) is 41.6 Å². The summed E-state index contributed by atoms with van der Waals surface area (Å²) >= 11 is 0. The summed E-state index contributed by atoms with van der Waals surface area (Å²) in [5.74, 6) is 0.517. The van der Waals surface area contributed by atoms with Crippen LogP contribution in [-0.2, 0) is 9.53 Å². The van der Waals surface area contributed by atoms with Gasteiger partial charge in [-0.3, -0.25) is 4.79 Å². The Morgan fingerprint density at radius 3 is 2.44 bits per heavy atom. The Bertz CT molecular complexity index is 244. The number of hydrogen-bond donors (Lipinski definition) is 1. The van der Waals surface area contributed by atoms with Gasteiger partial charge in [-0.2, -0.15) is 0 Å². The van der Waals surface area contributed by atoms with Gasteiger partial charge in [0.15, 0.2) is 0 Å². The largest absolute Gasteiger partial charge is 0.465 e. The first-order valence-corrected chi connectivity index (χ1v) is 6.96. The maximum Gasteiger partial charge on any atom is 0.327 e. The van der Waals surface area contributed by atoms with E-state index in [0.29, 0.717) is 19.1 Å². The van der Waals surface area contributed by atoms with E-state index in [9.17, 15) is 4.79 Å². The number of nitrogens with zero attached hydrogens (tertiary/aromatic N) is 1. The summed E-state index contributed by atoms with van der Waals surface area (Å²) in [5.41, 5.74) is -0.615. The summed E-state index contributed by atoms with van der Waals surface area (Å²) in [4.78, 5) is 14.2. The van der Waals surface area contributed by atoms with Crippen LogP contribution in [0.2, 0.25) is 0 Å². The lowest BCUT2D eigenvalue weighted by atomic mass is 10.0. The third-order valence-electron chi connectivity index (χ3n) is 2.97. The van der Waals surface area contributed by atoms with Gasteiger partial charge in [0.05, 0.1) is 6.61 Å². The van der Waals surface area contributed by atoms with Crippen LogP contribution in [0.3, 0.4) is 0 Å². The number of carbonyl (C=O) groups excluding carboxylic acids is 1. The van der Waals surface area contributed by atoms with Gasteiger partial charge >= 0.3 is 5.97 Å². The first-order valence-electron chi connectivity index (χ1n) is 6.96. The van der Waals surface area contributed by atoms with Gasteiger partial charge < -0.3 is 15.0 Å². The molecule has 0 aliphatic rings. The Balaban J connectivity index is 4.44. The molecule has 0 saturated heterocycles. The molecule has 1 atom stereocenters. The molecule has 0 rings (SSSR count). The van der Waals surface area contributed by atoms with Crippen LogP contribution in [0, 0.1) is 5.92 Å². The molecule has 0 aliphatic carbocycles. The predicted octanol–water partition coefficient (Wildman–Crippen LogP) is 1.90. The molecule has 108 valence electrons. The molecule has 0 aromatic heterocycles. The third-order valence-corrected chi connectivity index (χ3v) is 2.97. The maximum absolute atomic E-state index is 12.0. The van der Waals surface area contributed by atoms with E-state index in [2.05, 4.69) is 31.1 Å². The molecule has 0 fully saturated rings. The smallest absolute Gasteiger partial charge is 0.327 e. The maximum atomic E-state index is 12.0. The minimum Gasteiger partial charge on any atom is -0.465 e. The Kier molecular flexibility index (Phi) is 8.20. The third kappa shape index (κ3) is 6.36. The lowest BCUT2D eigenvalue weighted by molar-refractivity contribution is -0.151. The van der Waals surface area contributed by atoms with E-state index in [4.69, 9.17) is 4.74 Å². The van der Waals surface area contributed by atoms with Crippen LogP contribution in [0.1, 0.15) is 41.0 Å². The molecule has 0 saturated carbocycles. The number of nitrogens with one attached hydrogen (secondary N) is 1. The molecule has 0 radical (unpaired) electrons. The molecule has 18 heavy (non-hydrogen) atoms. The fourth-order valence-corrected chi connectivity index (χ4v) is 1.97. The highest BCUT2D eigenvalue weighted by molar-refractivity contribution is 5.80. The Hall–Kier alpha value is -0.610. The number of rotatable bonds is 9. The van der Waals surface area contributed by atoms with Crippen LogP contribution in [-0.4, -0.2) is 49.7 Å². The van der Waals surface area contributed by atoms with Crippen LogP contribution in [0.25, 0.3) is 0 Å². The molecule has 1 N–H and O–H groups in total. The molecule has 0 aromatic rings. The molecule has 0 spiro atoms. The lowest BCUT2D eigenvalue weighted by Crippen LogP contribution is -2.57. The highest BCUT2D eigenvalue weighted by Crippen LogP contribution is 2.10. The van der Waals surface area contributed by atoms with Crippen molar-refractivity contribution in [3.8, 4) is 0 Å². The van der Waals surface area contributed by atoms with Crippen molar-refractivity contribution < 1.29 is 9.53 Å². The second-order valence-corrected chi connectivity index (χ2v) is 5.50. The zero-order chi connectivity index (χ0) is 14.2. The van der Waals surface area contributed by atoms with Gasteiger partial charge in [0.25, 0.3) is 0 Å². The number of carbonyl (C=O) groups is 1. The second-order valence-electron chi connectivity index (χ2n) is 5.50. The van der Waals surface area contributed by atoms with Crippen molar-refractivity contribution in [3.05, 3.63) is 0 Å². The first-order chi connectivity index (χ1) is 8.35. The van der Waals surface area contributed by atoms with Gasteiger partial charge in [-0.25, -0.2) is 0 Å². The minimum absolute atomic E-state index is 0.164. The molecular formula is C14H30N2O2. The molecular weight excluding hydrogens is 228 g/mol. The Morgan fingerprint density at radius 1 is 1.39 bits per heavy atom. The van der Waals surface area contributed by atoms with Gasteiger partial charge in [0.2, 0.25) is 0 Å². The van der Waals surface area contributed by atoms with Crippen LogP contribution in [0.5, 0.6) is 0 Å². The fourth-order valence-electron chi connectivity index (χ4n) is 1.97. The summed E-state index contributed by atoms with van der Waals surface area (Å²) < 4.78 is 5.16. The lowest BCUT2D eigenvalue weighted by Gasteiger charge is -2.32. The van der Waals surface area contributed by atoms with Gasteiger partial charge in [0, 0.05) is 6.54 Å². The zero-order valence-electron chi connectivity index (χ0n) is 12.9. The van der Waals surface area contributed by atoms with E-state index in [1.807, 2.05) is 20.8 Å². The van der Waals surface area contributed by atoms with Gasteiger partial charge in [0.1, 0.15) is 5.54 Å². The van der Waals surface area contributed by atoms with E-state index in [-0.39, 0.29) is 5.97 Å². The van der Waals surface area contributed by atoms with Gasteiger partial charge in [-0.1, -0.05) is 20.8 Å². The molecule has 1 unspecified atom stereocenters. The van der Waals surface area contributed by atoms with Crippen LogP contribution in [0.4, 0.5) is 0 Å². The van der Waals surface area contributed by atoms with Crippen molar-refractivity contribution in [2.45, 2.75) is 46.6 Å². The number of likely N-dealkylation sites (N-methyl/N-ethyl adjacent to an activating group) is 2. The number of ether oxygens (including phenoxy) is 1. The van der Waals surface area contributed by atoms with E-state index < -0.39 is 5.54 Å². The Labute approximate surface area is 112 Å². The fraction of sp³-hybridized carbons (Fsp3) is 0.929. The van der Waals surface area contributed by atoms with E-state index in [1.165, 1.54) is 0 Å². The molecule has 4 heteroatoms. The monoisotopic (exact) mass is 258 g/mol. The van der Waals surface area contributed by atoms with E-state index in [1.54, 1.807) is 0 Å². The summed E-state index contributed by atoms with van der Waals surface area (Å²) in [6.07, 6.45) is 1.14. The van der Waals surface area contributed by atoms with Crippen molar-refractivity contribution >= 4 is 5.97 Å². The number of esters is 1. The molecule has 4 nitrogen and oxygen atoms in total. The summed E-state index contributed by atoms with van der Waals surface area (Å²) in [6.45, 7) is 13.0. The SMILES string of the molecule is CCNC(C)(CN(C)CCC(C)C)C(=O)OCC. The zero-order valence-corrected chi connectivity index (χ0v) is 12.9. The summed E-state index contributed by atoms with van der Waals surface area (Å²) in [5, 5.41) is 3.25. The average molecular weight is 258 g/mol. The normalized spacial score (nSPS) is 14.9. The average Bonchev–Trinajstić information content (AvgIpc) is 2.27. The van der Waals surface area contributed by atoms with E-state index >= 15 is 0 Å². The molecule has 0 aromatic carbocycles. The molecule has 0 bridgehead atoms. The van der Waals surface area contributed by atoms with Crippen molar-refractivity contribution in [2.75, 3.05) is 33.3 Å². The minimum atomic E-state index is -0.615. The van der Waals surface area contributed by atoms with Crippen LogP contribution < -0.4 is 5.32 Å². The molecule has 0 amide bonds. The van der Waals surface area contributed by atoms with Gasteiger partial charge in [-0.05, 0) is 46.3 Å². The van der Waals surface area contributed by atoms with Crippen molar-refractivity contribution in [1.29, 1.82) is 0 Å². The summed E-state index contributed by atoms with van der Waals surface area (Å²) in [7, 11) is 2.05. The van der Waals surface area contributed by atoms with Crippen LogP contribution in [0.15, 0.2) is 0 Å². The predicted molar refractivity (Wildman–Crippen MR) is 75.7 cm³/mol. The van der Waals surface area contributed by atoms with Crippen molar-refractivity contribution in [2.24, 2.45) is 5.92 Å². The first kappa shape index (κ1) is 17.4. The second kappa shape index (κ2) is 8.48. The van der Waals surface area contributed by atoms with E-state index in [0.717, 1.165) is 19.5 Å².